The maximum absolute atomic E-state index is 12.4. The van der Waals surface area contributed by atoms with Crippen LogP contribution in [-0.2, 0) is 4.74 Å². The molecule has 0 unspecified atom stereocenters. The zero-order valence-electron chi connectivity index (χ0n) is 13.5. The average molecular weight is 302 g/mol. The average Bonchev–Trinajstić information content (AvgIpc) is 3.01. The molecule has 1 N–H and O–H groups in total. The normalized spacial score (nSPS) is 18.9. The van der Waals surface area contributed by atoms with Gasteiger partial charge in [0.05, 0.1) is 11.6 Å². The van der Waals surface area contributed by atoms with Crippen molar-refractivity contribution in [2.24, 2.45) is 0 Å². The number of carbonyl (C=O) groups excluding carboxylic acids is 1. The molecule has 0 saturated carbocycles. The van der Waals surface area contributed by atoms with Gasteiger partial charge >= 0.3 is 6.09 Å². The van der Waals surface area contributed by atoms with Gasteiger partial charge in [0.1, 0.15) is 11.4 Å². The van der Waals surface area contributed by atoms with E-state index in [1.807, 2.05) is 39.8 Å². The Morgan fingerprint density at radius 1 is 1.36 bits per heavy atom. The number of rotatable bonds is 1. The van der Waals surface area contributed by atoms with Crippen molar-refractivity contribution >= 4 is 17.3 Å². The zero-order chi connectivity index (χ0) is 15.9. The van der Waals surface area contributed by atoms with Crippen LogP contribution in [0.3, 0.4) is 0 Å². The summed E-state index contributed by atoms with van der Waals surface area (Å²) in [4.78, 5) is 26.4. The highest BCUT2D eigenvalue weighted by Crippen LogP contribution is 2.32. The fraction of sp³-hybridized carbons (Fsp3) is 0.562. The second-order valence-corrected chi connectivity index (χ2v) is 6.78. The van der Waals surface area contributed by atoms with Crippen molar-refractivity contribution in [2.45, 2.75) is 52.2 Å². The number of aryl methyl sites for hydroxylation is 1. The van der Waals surface area contributed by atoms with Gasteiger partial charge in [-0.3, -0.25) is 4.90 Å². The van der Waals surface area contributed by atoms with Crippen LogP contribution < -0.4 is 0 Å². The number of fused-ring (bicyclic) bond motifs is 1. The Morgan fingerprint density at radius 2 is 2.14 bits per heavy atom. The van der Waals surface area contributed by atoms with Crippen molar-refractivity contribution in [2.75, 3.05) is 6.54 Å². The summed E-state index contributed by atoms with van der Waals surface area (Å²) in [5, 5.41) is 0. The van der Waals surface area contributed by atoms with Crippen molar-refractivity contribution in [3.05, 3.63) is 23.7 Å². The van der Waals surface area contributed by atoms with E-state index in [0.717, 1.165) is 29.9 Å². The van der Waals surface area contributed by atoms with E-state index in [1.54, 1.807) is 4.90 Å². The Labute approximate surface area is 129 Å². The molecule has 0 radical (unpaired) electrons. The third-order valence-corrected chi connectivity index (χ3v) is 3.70. The second-order valence-electron chi connectivity index (χ2n) is 6.78. The van der Waals surface area contributed by atoms with Gasteiger partial charge in [-0.2, -0.15) is 0 Å². The van der Waals surface area contributed by atoms with Crippen molar-refractivity contribution < 1.29 is 9.53 Å². The minimum absolute atomic E-state index is 0.0654. The molecular weight excluding hydrogens is 280 g/mol. The predicted molar refractivity (Wildman–Crippen MR) is 83.5 cm³/mol. The minimum Gasteiger partial charge on any atom is -0.444 e. The number of hydrogen-bond acceptors (Lipinski definition) is 4. The number of hydrogen-bond donors (Lipinski definition) is 1. The highest BCUT2D eigenvalue weighted by atomic mass is 16.6. The van der Waals surface area contributed by atoms with E-state index in [-0.39, 0.29) is 12.1 Å². The molecule has 1 fully saturated rings. The molecule has 0 aliphatic carbocycles. The number of nitrogens with one attached hydrogen (secondary N) is 1. The maximum atomic E-state index is 12.4. The van der Waals surface area contributed by atoms with Gasteiger partial charge in [-0.15, -0.1) is 0 Å². The Bertz CT molecular complexity index is 702. The van der Waals surface area contributed by atoms with Gasteiger partial charge in [-0.05, 0) is 52.7 Å². The van der Waals surface area contributed by atoms with Crippen LogP contribution >= 0.6 is 0 Å². The van der Waals surface area contributed by atoms with E-state index in [1.165, 1.54) is 0 Å². The lowest BCUT2D eigenvalue weighted by molar-refractivity contribution is 0.0219. The summed E-state index contributed by atoms with van der Waals surface area (Å²) in [6, 6.07) is 3.86. The van der Waals surface area contributed by atoms with Gasteiger partial charge < -0.3 is 9.72 Å². The van der Waals surface area contributed by atoms with Crippen molar-refractivity contribution in [1.29, 1.82) is 0 Å². The van der Waals surface area contributed by atoms with Gasteiger partial charge in [0.25, 0.3) is 0 Å². The largest absolute Gasteiger partial charge is 0.444 e. The summed E-state index contributed by atoms with van der Waals surface area (Å²) in [7, 11) is 0. The third kappa shape index (κ3) is 2.91. The van der Waals surface area contributed by atoms with Gasteiger partial charge in [0, 0.05) is 12.2 Å². The summed E-state index contributed by atoms with van der Waals surface area (Å²) in [6.45, 7) is 8.27. The molecule has 1 amide bonds. The number of imidazole rings is 1. The smallest absolute Gasteiger partial charge is 0.410 e. The van der Waals surface area contributed by atoms with E-state index in [2.05, 4.69) is 15.0 Å². The van der Waals surface area contributed by atoms with Gasteiger partial charge in [-0.25, -0.2) is 14.8 Å². The van der Waals surface area contributed by atoms with Crippen LogP contribution in [0.15, 0.2) is 12.1 Å². The molecule has 2 aromatic heterocycles. The summed E-state index contributed by atoms with van der Waals surface area (Å²) >= 11 is 0. The number of likely N-dealkylation sites (tertiary alicyclic amines) is 1. The van der Waals surface area contributed by atoms with Crippen molar-refractivity contribution in [3.8, 4) is 0 Å². The molecule has 0 bridgehead atoms. The lowest BCUT2D eigenvalue weighted by Crippen LogP contribution is -2.36. The van der Waals surface area contributed by atoms with Crippen molar-refractivity contribution in [1.82, 2.24) is 19.9 Å². The number of aromatic amines is 1. The van der Waals surface area contributed by atoms with E-state index >= 15 is 0 Å². The Balaban J connectivity index is 1.86. The van der Waals surface area contributed by atoms with E-state index in [9.17, 15) is 4.79 Å². The van der Waals surface area contributed by atoms with Gasteiger partial charge in [0.15, 0.2) is 5.65 Å². The number of H-pyrrole nitrogens is 1. The van der Waals surface area contributed by atoms with Crippen LogP contribution in [0.1, 0.15) is 51.2 Å². The lowest BCUT2D eigenvalue weighted by atomic mass is 10.2. The number of carbonyl (C=O) groups is 1. The summed E-state index contributed by atoms with van der Waals surface area (Å²) in [5.41, 5.74) is 2.04. The van der Waals surface area contributed by atoms with Crippen LogP contribution in [0.2, 0.25) is 0 Å². The molecule has 6 heteroatoms. The molecule has 118 valence electrons. The minimum atomic E-state index is -0.489. The SMILES string of the molecule is Cc1ccc2[nH]c([C@@H]3CCCN3C(=O)OC(C)(C)C)nc2n1. The van der Waals surface area contributed by atoms with Crippen LogP contribution in [0.4, 0.5) is 4.79 Å². The monoisotopic (exact) mass is 302 g/mol. The van der Waals surface area contributed by atoms with E-state index in [4.69, 9.17) is 4.74 Å². The number of nitrogens with zero attached hydrogens (tertiary/aromatic N) is 3. The number of ether oxygens (including phenoxy) is 1. The van der Waals surface area contributed by atoms with Crippen LogP contribution in [0.25, 0.3) is 11.2 Å². The van der Waals surface area contributed by atoms with E-state index in [0.29, 0.717) is 12.2 Å². The number of amides is 1. The molecule has 3 rings (SSSR count). The first-order valence-electron chi connectivity index (χ1n) is 7.66. The van der Waals surface area contributed by atoms with Gasteiger partial charge in [-0.1, -0.05) is 0 Å². The molecule has 0 aromatic carbocycles. The van der Waals surface area contributed by atoms with E-state index < -0.39 is 5.60 Å². The first-order valence-corrected chi connectivity index (χ1v) is 7.66. The fourth-order valence-corrected chi connectivity index (χ4v) is 2.75. The topological polar surface area (TPSA) is 71.1 Å². The zero-order valence-corrected chi connectivity index (χ0v) is 13.5. The van der Waals surface area contributed by atoms with Crippen LogP contribution in [-0.4, -0.2) is 38.1 Å². The Hall–Kier alpha value is -2.11. The first-order chi connectivity index (χ1) is 10.3. The molecule has 22 heavy (non-hydrogen) atoms. The lowest BCUT2D eigenvalue weighted by Gasteiger charge is -2.27. The number of pyridine rings is 1. The highest BCUT2D eigenvalue weighted by Gasteiger charge is 2.35. The fourth-order valence-electron chi connectivity index (χ4n) is 2.75. The van der Waals surface area contributed by atoms with Crippen molar-refractivity contribution in [3.63, 3.8) is 0 Å². The Kier molecular flexibility index (Phi) is 3.54. The molecular formula is C16H22N4O2. The summed E-state index contributed by atoms with van der Waals surface area (Å²) in [6.07, 6.45) is 1.56. The predicted octanol–water partition coefficient (Wildman–Crippen LogP) is 3.34. The molecule has 1 aliphatic rings. The molecule has 3 heterocycles. The second kappa shape index (κ2) is 5.26. The van der Waals surface area contributed by atoms with Crippen LogP contribution in [0.5, 0.6) is 0 Å². The molecule has 1 aliphatic heterocycles. The molecule has 2 aromatic rings. The standard InChI is InChI=1S/C16H22N4O2/c1-10-7-8-11-13(17-10)19-14(18-11)12-6-5-9-20(12)15(21)22-16(2,3)4/h7-8,12H,5-6,9H2,1-4H3,(H,17,18,19)/t12-/m0/s1. The quantitative estimate of drug-likeness (QED) is 0.877. The molecule has 1 atom stereocenters. The highest BCUT2D eigenvalue weighted by molar-refractivity contribution is 5.72. The van der Waals surface area contributed by atoms with Gasteiger partial charge in [0.2, 0.25) is 0 Å². The first kappa shape index (κ1) is 14.8. The van der Waals surface area contributed by atoms with Crippen LogP contribution in [0, 0.1) is 6.92 Å². The Morgan fingerprint density at radius 3 is 2.86 bits per heavy atom. The number of aromatic nitrogens is 3. The summed E-state index contributed by atoms with van der Waals surface area (Å²) in [5.74, 6) is 0.788. The summed E-state index contributed by atoms with van der Waals surface area (Å²) < 4.78 is 5.50. The third-order valence-electron chi connectivity index (χ3n) is 3.70. The molecule has 6 nitrogen and oxygen atoms in total. The maximum Gasteiger partial charge on any atom is 0.410 e. The molecule has 1 saturated heterocycles. The molecule has 0 spiro atoms.